The van der Waals surface area contributed by atoms with Gasteiger partial charge in [0, 0.05) is 17.9 Å². The SMILES string of the molecule is CNCC(C)c1c(C)nc(CN(C)C)nc1C. The van der Waals surface area contributed by atoms with Gasteiger partial charge >= 0.3 is 0 Å². The number of aromatic nitrogens is 2. The van der Waals surface area contributed by atoms with Gasteiger partial charge in [-0.05, 0) is 46.5 Å². The first kappa shape index (κ1) is 14.1. The number of hydrogen-bond acceptors (Lipinski definition) is 4. The van der Waals surface area contributed by atoms with Crippen molar-refractivity contribution < 1.29 is 0 Å². The zero-order valence-corrected chi connectivity index (χ0v) is 11.8. The molecule has 4 nitrogen and oxygen atoms in total. The van der Waals surface area contributed by atoms with Crippen LogP contribution >= 0.6 is 0 Å². The van der Waals surface area contributed by atoms with Crippen molar-refractivity contribution in [2.24, 2.45) is 0 Å². The molecule has 0 radical (unpaired) electrons. The molecule has 4 heteroatoms. The van der Waals surface area contributed by atoms with Crippen molar-refractivity contribution in [1.82, 2.24) is 20.2 Å². The van der Waals surface area contributed by atoms with Crippen molar-refractivity contribution in [2.45, 2.75) is 33.2 Å². The first-order valence-corrected chi connectivity index (χ1v) is 6.09. The lowest BCUT2D eigenvalue weighted by molar-refractivity contribution is 0.389. The van der Waals surface area contributed by atoms with Gasteiger partial charge in [-0.15, -0.1) is 0 Å². The van der Waals surface area contributed by atoms with E-state index in [4.69, 9.17) is 0 Å². The van der Waals surface area contributed by atoms with Gasteiger partial charge in [-0.2, -0.15) is 0 Å². The van der Waals surface area contributed by atoms with Crippen LogP contribution in [0.25, 0.3) is 0 Å². The molecule has 0 saturated heterocycles. The Morgan fingerprint density at radius 3 is 2.12 bits per heavy atom. The minimum Gasteiger partial charge on any atom is -0.319 e. The molecule has 1 unspecified atom stereocenters. The average Bonchev–Trinajstić information content (AvgIpc) is 2.15. The van der Waals surface area contributed by atoms with E-state index in [9.17, 15) is 0 Å². The fraction of sp³-hybridized carbons (Fsp3) is 0.692. The molecular weight excluding hydrogens is 212 g/mol. The van der Waals surface area contributed by atoms with Crippen molar-refractivity contribution in [3.63, 3.8) is 0 Å². The van der Waals surface area contributed by atoms with Crippen molar-refractivity contribution in [1.29, 1.82) is 0 Å². The summed E-state index contributed by atoms with van der Waals surface area (Å²) in [5, 5.41) is 3.20. The second kappa shape index (κ2) is 6.07. The largest absolute Gasteiger partial charge is 0.319 e. The highest BCUT2D eigenvalue weighted by atomic mass is 15.1. The number of likely N-dealkylation sites (N-methyl/N-ethyl adjacent to an activating group) is 1. The second-order valence-corrected chi connectivity index (χ2v) is 4.92. The molecule has 0 aliphatic carbocycles. The molecule has 0 bridgehead atoms. The number of hydrogen-bond donors (Lipinski definition) is 1. The third-order valence-corrected chi connectivity index (χ3v) is 2.83. The van der Waals surface area contributed by atoms with Crippen molar-refractivity contribution >= 4 is 0 Å². The van der Waals surface area contributed by atoms with E-state index < -0.39 is 0 Å². The third-order valence-electron chi connectivity index (χ3n) is 2.83. The van der Waals surface area contributed by atoms with Gasteiger partial charge in [0.05, 0.1) is 6.54 Å². The molecule has 1 heterocycles. The summed E-state index contributed by atoms with van der Waals surface area (Å²) >= 11 is 0. The van der Waals surface area contributed by atoms with Crippen molar-refractivity contribution in [3.05, 3.63) is 22.8 Å². The van der Waals surface area contributed by atoms with Crippen LogP contribution in [0.5, 0.6) is 0 Å². The quantitative estimate of drug-likeness (QED) is 0.841. The molecule has 0 aliphatic rings. The van der Waals surface area contributed by atoms with Gasteiger partial charge in [-0.3, -0.25) is 0 Å². The lowest BCUT2D eigenvalue weighted by Crippen LogP contribution is -2.20. The molecule has 0 fully saturated rings. The minimum atomic E-state index is 0.452. The summed E-state index contributed by atoms with van der Waals surface area (Å²) in [7, 11) is 6.04. The number of aryl methyl sites for hydroxylation is 2. The predicted octanol–water partition coefficient (Wildman–Crippen LogP) is 1.48. The molecular formula is C13H24N4. The molecule has 0 spiro atoms. The first-order valence-electron chi connectivity index (χ1n) is 6.09. The Kier molecular flexibility index (Phi) is 5.02. The van der Waals surface area contributed by atoms with Crippen LogP contribution in [0, 0.1) is 13.8 Å². The van der Waals surface area contributed by atoms with Gasteiger partial charge < -0.3 is 10.2 Å². The fourth-order valence-corrected chi connectivity index (χ4v) is 2.27. The molecule has 96 valence electrons. The highest BCUT2D eigenvalue weighted by molar-refractivity contribution is 5.28. The summed E-state index contributed by atoms with van der Waals surface area (Å²) < 4.78 is 0. The minimum absolute atomic E-state index is 0.452. The zero-order valence-electron chi connectivity index (χ0n) is 11.8. The maximum atomic E-state index is 4.60. The normalized spacial score (nSPS) is 13.1. The molecule has 0 aliphatic heterocycles. The Labute approximate surface area is 104 Å². The van der Waals surface area contributed by atoms with Crippen LogP contribution < -0.4 is 5.32 Å². The van der Waals surface area contributed by atoms with Gasteiger partial charge in [-0.25, -0.2) is 9.97 Å². The topological polar surface area (TPSA) is 41.1 Å². The van der Waals surface area contributed by atoms with E-state index in [1.807, 2.05) is 21.1 Å². The smallest absolute Gasteiger partial charge is 0.142 e. The maximum Gasteiger partial charge on any atom is 0.142 e. The lowest BCUT2D eigenvalue weighted by Gasteiger charge is -2.18. The highest BCUT2D eigenvalue weighted by Crippen LogP contribution is 2.20. The fourth-order valence-electron chi connectivity index (χ4n) is 2.27. The summed E-state index contributed by atoms with van der Waals surface area (Å²) in [5.74, 6) is 1.36. The molecule has 0 aromatic carbocycles. The van der Waals surface area contributed by atoms with Gasteiger partial charge in [0.25, 0.3) is 0 Å². The Morgan fingerprint density at radius 2 is 1.71 bits per heavy atom. The second-order valence-electron chi connectivity index (χ2n) is 4.92. The highest BCUT2D eigenvalue weighted by Gasteiger charge is 2.14. The van der Waals surface area contributed by atoms with E-state index in [-0.39, 0.29) is 0 Å². The Balaban J connectivity index is 3.01. The van der Waals surface area contributed by atoms with E-state index in [2.05, 4.69) is 41.0 Å². The molecule has 0 amide bonds. The van der Waals surface area contributed by atoms with Gasteiger partial charge in [0.1, 0.15) is 5.82 Å². The van der Waals surface area contributed by atoms with Crippen molar-refractivity contribution in [2.75, 3.05) is 27.7 Å². The average molecular weight is 236 g/mol. The predicted molar refractivity (Wildman–Crippen MR) is 71.2 cm³/mol. The van der Waals surface area contributed by atoms with E-state index in [1.165, 1.54) is 5.56 Å². The van der Waals surface area contributed by atoms with E-state index in [0.29, 0.717) is 5.92 Å². The Bertz CT molecular complexity index is 351. The molecule has 0 saturated carbocycles. The summed E-state index contributed by atoms with van der Waals surface area (Å²) in [6, 6.07) is 0. The van der Waals surface area contributed by atoms with Gasteiger partial charge in [-0.1, -0.05) is 6.92 Å². The summed E-state index contributed by atoms with van der Waals surface area (Å²) in [5.41, 5.74) is 3.50. The number of rotatable bonds is 5. The molecule has 1 aromatic heterocycles. The van der Waals surface area contributed by atoms with Crippen LogP contribution in [-0.4, -0.2) is 42.6 Å². The molecule has 1 atom stereocenters. The summed E-state index contributed by atoms with van der Waals surface area (Å²) in [4.78, 5) is 11.3. The Morgan fingerprint density at radius 1 is 1.18 bits per heavy atom. The van der Waals surface area contributed by atoms with Crippen LogP contribution in [0.3, 0.4) is 0 Å². The van der Waals surface area contributed by atoms with Crippen LogP contribution in [0.4, 0.5) is 0 Å². The monoisotopic (exact) mass is 236 g/mol. The van der Waals surface area contributed by atoms with E-state index in [0.717, 1.165) is 30.3 Å². The summed E-state index contributed by atoms with van der Waals surface area (Å²) in [6.07, 6.45) is 0. The van der Waals surface area contributed by atoms with Crippen LogP contribution in [0.2, 0.25) is 0 Å². The first-order chi connectivity index (χ1) is 7.95. The van der Waals surface area contributed by atoms with Crippen LogP contribution in [-0.2, 0) is 6.54 Å². The Hall–Kier alpha value is -1.00. The zero-order chi connectivity index (χ0) is 13.0. The standard InChI is InChI=1S/C13H24N4/c1-9(7-14-4)13-10(2)15-12(8-17(5)6)16-11(13)3/h9,14H,7-8H2,1-6H3. The number of nitrogens with one attached hydrogen (secondary N) is 1. The van der Waals surface area contributed by atoms with E-state index in [1.54, 1.807) is 0 Å². The van der Waals surface area contributed by atoms with Crippen LogP contribution in [0.1, 0.15) is 35.6 Å². The maximum absolute atomic E-state index is 4.60. The van der Waals surface area contributed by atoms with Gasteiger partial charge in [0.15, 0.2) is 0 Å². The molecule has 1 rings (SSSR count). The van der Waals surface area contributed by atoms with Crippen molar-refractivity contribution in [3.8, 4) is 0 Å². The molecule has 17 heavy (non-hydrogen) atoms. The van der Waals surface area contributed by atoms with Gasteiger partial charge in [0.2, 0.25) is 0 Å². The van der Waals surface area contributed by atoms with Crippen LogP contribution in [0.15, 0.2) is 0 Å². The lowest BCUT2D eigenvalue weighted by atomic mass is 9.98. The number of nitrogens with zero attached hydrogens (tertiary/aromatic N) is 3. The third kappa shape index (κ3) is 3.75. The van der Waals surface area contributed by atoms with E-state index >= 15 is 0 Å². The molecule has 1 N–H and O–H groups in total. The molecule has 1 aromatic rings. The summed E-state index contributed by atoms with van der Waals surface area (Å²) in [6.45, 7) is 8.12.